The highest BCUT2D eigenvalue weighted by atomic mass is 32.1. The summed E-state index contributed by atoms with van der Waals surface area (Å²) < 4.78 is 2.02. The molecular weight excluding hydrogens is 256 g/mol. The fourth-order valence-electron chi connectivity index (χ4n) is 2.08. The molecule has 0 fully saturated rings. The third-order valence-corrected chi connectivity index (χ3v) is 3.75. The second-order valence-corrected chi connectivity index (χ2v) is 5.18. The van der Waals surface area contributed by atoms with E-state index >= 15 is 0 Å². The maximum atomic E-state index is 9.12. The first-order chi connectivity index (χ1) is 9.28. The van der Waals surface area contributed by atoms with Crippen molar-refractivity contribution in [2.75, 3.05) is 11.9 Å². The third-order valence-electron chi connectivity index (χ3n) is 2.98. The van der Waals surface area contributed by atoms with E-state index in [0.717, 1.165) is 16.3 Å². The Hall–Kier alpha value is -2.32. The van der Waals surface area contributed by atoms with Gasteiger partial charge in [0.15, 0.2) is 4.96 Å². The smallest absolute Gasteiger partial charge is 0.193 e. The molecule has 0 aliphatic rings. The van der Waals surface area contributed by atoms with Gasteiger partial charge >= 0.3 is 0 Å². The van der Waals surface area contributed by atoms with Gasteiger partial charge in [-0.3, -0.25) is 4.40 Å². The molecule has 3 rings (SSSR count). The van der Waals surface area contributed by atoms with Gasteiger partial charge in [0, 0.05) is 24.8 Å². The van der Waals surface area contributed by atoms with Gasteiger partial charge in [-0.1, -0.05) is 12.1 Å². The highest BCUT2D eigenvalue weighted by molar-refractivity contribution is 7.15. The number of aromatic nitrogens is 2. The van der Waals surface area contributed by atoms with E-state index in [2.05, 4.69) is 11.1 Å². The standard InChI is InChI=1S/C14H12N4S/c1-17(13-5-3-2-4-11(13)8-15)9-12-10-18-6-7-19-14(18)16-12/h2-7,10H,9H2,1H3. The summed E-state index contributed by atoms with van der Waals surface area (Å²) >= 11 is 1.62. The van der Waals surface area contributed by atoms with Crippen LogP contribution in [0.5, 0.6) is 0 Å². The predicted octanol–water partition coefficient (Wildman–Crippen LogP) is 2.90. The van der Waals surface area contributed by atoms with Gasteiger partial charge in [0.25, 0.3) is 0 Å². The van der Waals surface area contributed by atoms with Crippen LogP contribution >= 0.6 is 11.3 Å². The zero-order chi connectivity index (χ0) is 13.2. The number of imidazole rings is 1. The minimum Gasteiger partial charge on any atom is -0.368 e. The number of rotatable bonds is 3. The van der Waals surface area contributed by atoms with Gasteiger partial charge in [-0.15, -0.1) is 11.3 Å². The number of fused-ring (bicyclic) bond motifs is 1. The molecule has 0 atom stereocenters. The number of para-hydroxylation sites is 1. The summed E-state index contributed by atoms with van der Waals surface area (Å²) in [5.41, 5.74) is 2.62. The van der Waals surface area contributed by atoms with Crippen molar-refractivity contribution in [3.63, 3.8) is 0 Å². The second-order valence-electron chi connectivity index (χ2n) is 4.31. The molecule has 2 aromatic heterocycles. The van der Waals surface area contributed by atoms with Crippen LogP contribution in [-0.2, 0) is 6.54 Å². The molecule has 19 heavy (non-hydrogen) atoms. The molecule has 2 heterocycles. The minimum absolute atomic E-state index is 0.686. The molecule has 0 saturated carbocycles. The topological polar surface area (TPSA) is 44.3 Å². The normalized spacial score (nSPS) is 10.5. The van der Waals surface area contributed by atoms with Crippen molar-refractivity contribution < 1.29 is 0 Å². The summed E-state index contributed by atoms with van der Waals surface area (Å²) in [5, 5.41) is 11.1. The minimum atomic E-state index is 0.686. The number of anilines is 1. The number of thiazole rings is 1. The molecule has 0 bridgehead atoms. The van der Waals surface area contributed by atoms with Gasteiger partial charge in [0.05, 0.1) is 23.5 Å². The van der Waals surface area contributed by atoms with Crippen LogP contribution in [0, 0.1) is 11.3 Å². The molecule has 0 aliphatic carbocycles. The average Bonchev–Trinajstić information content (AvgIpc) is 2.99. The Labute approximate surface area is 115 Å². The van der Waals surface area contributed by atoms with E-state index in [1.165, 1.54) is 0 Å². The van der Waals surface area contributed by atoms with Crippen LogP contribution in [0.1, 0.15) is 11.3 Å². The summed E-state index contributed by atoms with van der Waals surface area (Å²) in [6.45, 7) is 0.688. The van der Waals surface area contributed by atoms with Gasteiger partial charge in [-0.2, -0.15) is 5.26 Å². The zero-order valence-corrected chi connectivity index (χ0v) is 11.3. The summed E-state index contributed by atoms with van der Waals surface area (Å²) in [7, 11) is 1.98. The van der Waals surface area contributed by atoms with Gasteiger partial charge in [-0.25, -0.2) is 4.98 Å². The van der Waals surface area contributed by atoms with E-state index in [1.54, 1.807) is 11.3 Å². The van der Waals surface area contributed by atoms with E-state index in [-0.39, 0.29) is 0 Å². The lowest BCUT2D eigenvalue weighted by Crippen LogP contribution is -2.17. The molecule has 0 saturated heterocycles. The summed E-state index contributed by atoms with van der Waals surface area (Å²) in [4.78, 5) is 7.59. The van der Waals surface area contributed by atoms with Crippen LogP contribution in [0.25, 0.3) is 4.96 Å². The van der Waals surface area contributed by atoms with Crippen molar-refractivity contribution in [1.29, 1.82) is 5.26 Å². The van der Waals surface area contributed by atoms with Crippen molar-refractivity contribution in [3.8, 4) is 6.07 Å². The van der Waals surface area contributed by atoms with Crippen LogP contribution in [0.15, 0.2) is 42.0 Å². The molecule has 0 aliphatic heterocycles. The third kappa shape index (κ3) is 2.18. The van der Waals surface area contributed by atoms with Crippen LogP contribution in [0.2, 0.25) is 0 Å². The number of hydrogen-bond acceptors (Lipinski definition) is 4. The Morgan fingerprint density at radius 3 is 3.05 bits per heavy atom. The molecule has 3 aromatic rings. The van der Waals surface area contributed by atoms with Crippen LogP contribution in [0.4, 0.5) is 5.69 Å². The molecule has 4 nitrogen and oxygen atoms in total. The molecule has 1 aromatic carbocycles. The summed E-state index contributed by atoms with van der Waals surface area (Å²) in [5.74, 6) is 0. The predicted molar refractivity (Wildman–Crippen MR) is 76.3 cm³/mol. The number of nitriles is 1. The van der Waals surface area contributed by atoms with Crippen molar-refractivity contribution in [2.45, 2.75) is 6.54 Å². The molecule has 0 amide bonds. The Balaban J connectivity index is 1.86. The molecule has 5 heteroatoms. The highest BCUT2D eigenvalue weighted by Crippen LogP contribution is 2.20. The Morgan fingerprint density at radius 1 is 1.42 bits per heavy atom. The highest BCUT2D eigenvalue weighted by Gasteiger charge is 2.09. The zero-order valence-electron chi connectivity index (χ0n) is 10.4. The van der Waals surface area contributed by atoms with Crippen molar-refractivity contribution >= 4 is 22.0 Å². The molecule has 0 N–H and O–H groups in total. The van der Waals surface area contributed by atoms with Gasteiger partial charge in [-0.05, 0) is 12.1 Å². The summed E-state index contributed by atoms with van der Waals surface area (Å²) in [6.07, 6.45) is 4.02. The maximum absolute atomic E-state index is 9.12. The molecule has 0 radical (unpaired) electrons. The van der Waals surface area contributed by atoms with E-state index in [0.29, 0.717) is 12.1 Å². The number of nitrogens with zero attached hydrogens (tertiary/aromatic N) is 4. The lowest BCUT2D eigenvalue weighted by molar-refractivity contribution is 0.894. The number of hydrogen-bond donors (Lipinski definition) is 0. The monoisotopic (exact) mass is 268 g/mol. The Kier molecular flexibility index (Phi) is 2.94. The first-order valence-corrected chi connectivity index (χ1v) is 6.77. The van der Waals surface area contributed by atoms with Crippen LogP contribution in [-0.4, -0.2) is 16.4 Å². The quantitative estimate of drug-likeness (QED) is 0.733. The van der Waals surface area contributed by atoms with E-state index < -0.39 is 0 Å². The van der Waals surface area contributed by atoms with Crippen molar-refractivity contribution in [3.05, 3.63) is 53.3 Å². The molecule has 0 unspecified atom stereocenters. The lowest BCUT2D eigenvalue weighted by atomic mass is 10.2. The maximum Gasteiger partial charge on any atom is 0.193 e. The average molecular weight is 268 g/mol. The fraction of sp³-hybridized carbons (Fsp3) is 0.143. The second kappa shape index (κ2) is 4.75. The largest absolute Gasteiger partial charge is 0.368 e. The van der Waals surface area contributed by atoms with Gasteiger partial charge < -0.3 is 4.90 Å². The fourth-order valence-corrected chi connectivity index (χ4v) is 2.80. The molecule has 0 spiro atoms. The van der Waals surface area contributed by atoms with E-state index in [9.17, 15) is 0 Å². The van der Waals surface area contributed by atoms with E-state index in [4.69, 9.17) is 5.26 Å². The van der Waals surface area contributed by atoms with Crippen LogP contribution in [0.3, 0.4) is 0 Å². The van der Waals surface area contributed by atoms with Gasteiger partial charge in [0.1, 0.15) is 6.07 Å². The van der Waals surface area contributed by atoms with Gasteiger partial charge in [0.2, 0.25) is 0 Å². The first-order valence-electron chi connectivity index (χ1n) is 5.89. The SMILES string of the molecule is CN(Cc1cn2ccsc2n1)c1ccccc1C#N. The molecular formula is C14H12N4S. The van der Waals surface area contributed by atoms with E-state index in [1.807, 2.05) is 58.4 Å². The summed E-state index contributed by atoms with van der Waals surface area (Å²) in [6, 6.07) is 9.83. The van der Waals surface area contributed by atoms with Crippen molar-refractivity contribution in [1.82, 2.24) is 9.38 Å². The Morgan fingerprint density at radius 2 is 2.26 bits per heavy atom. The lowest BCUT2D eigenvalue weighted by Gasteiger charge is -2.19. The number of benzene rings is 1. The molecule has 94 valence electrons. The van der Waals surface area contributed by atoms with Crippen LogP contribution < -0.4 is 4.90 Å². The first kappa shape index (κ1) is 11.8. The van der Waals surface area contributed by atoms with Crippen molar-refractivity contribution in [2.24, 2.45) is 0 Å². The Bertz CT molecular complexity index is 721.